The van der Waals surface area contributed by atoms with Gasteiger partial charge in [0.25, 0.3) is 0 Å². The van der Waals surface area contributed by atoms with Gasteiger partial charge in [0, 0.05) is 12.3 Å². The quantitative estimate of drug-likeness (QED) is 0.929. The standard InChI is InChI=1S/C12H7Cl2NO3/c13-7-4-8(6-15-5-7)18-11-9(12(16)17)2-1-3-10(11)14/h1-6H,(H,16,17). The number of hydrogen-bond acceptors (Lipinski definition) is 3. The van der Waals surface area contributed by atoms with E-state index in [-0.39, 0.29) is 16.3 Å². The second-order valence-electron chi connectivity index (χ2n) is 3.36. The van der Waals surface area contributed by atoms with Crippen molar-refractivity contribution in [2.75, 3.05) is 0 Å². The molecule has 0 aliphatic rings. The number of carboxylic acids is 1. The molecule has 1 aromatic carbocycles. The van der Waals surface area contributed by atoms with Gasteiger partial charge in [-0.1, -0.05) is 29.3 Å². The van der Waals surface area contributed by atoms with E-state index in [1.165, 1.54) is 30.6 Å². The van der Waals surface area contributed by atoms with Gasteiger partial charge in [-0.3, -0.25) is 4.98 Å². The topological polar surface area (TPSA) is 59.4 Å². The largest absolute Gasteiger partial charge is 0.478 e. The van der Waals surface area contributed by atoms with Crippen molar-refractivity contribution in [2.45, 2.75) is 0 Å². The van der Waals surface area contributed by atoms with Gasteiger partial charge in [0.05, 0.1) is 16.2 Å². The van der Waals surface area contributed by atoms with Crippen molar-refractivity contribution < 1.29 is 14.6 Å². The van der Waals surface area contributed by atoms with Crippen molar-refractivity contribution in [2.24, 2.45) is 0 Å². The van der Waals surface area contributed by atoms with Crippen LogP contribution < -0.4 is 4.74 Å². The molecular weight excluding hydrogens is 277 g/mol. The summed E-state index contributed by atoms with van der Waals surface area (Å²) in [4.78, 5) is 14.9. The van der Waals surface area contributed by atoms with E-state index in [4.69, 9.17) is 33.0 Å². The highest BCUT2D eigenvalue weighted by molar-refractivity contribution is 6.32. The van der Waals surface area contributed by atoms with E-state index in [0.29, 0.717) is 10.8 Å². The van der Waals surface area contributed by atoms with Crippen LogP contribution in [0.4, 0.5) is 0 Å². The zero-order chi connectivity index (χ0) is 13.1. The van der Waals surface area contributed by atoms with Gasteiger partial charge < -0.3 is 9.84 Å². The maximum Gasteiger partial charge on any atom is 0.339 e. The van der Waals surface area contributed by atoms with E-state index < -0.39 is 5.97 Å². The minimum Gasteiger partial charge on any atom is -0.478 e. The summed E-state index contributed by atoms with van der Waals surface area (Å²) >= 11 is 11.7. The molecular formula is C12H7Cl2NO3. The first-order valence-corrected chi connectivity index (χ1v) is 5.63. The fraction of sp³-hybridized carbons (Fsp3) is 0. The number of halogens is 2. The summed E-state index contributed by atoms with van der Waals surface area (Å²) in [6.07, 6.45) is 2.86. The summed E-state index contributed by atoms with van der Waals surface area (Å²) in [6.45, 7) is 0. The number of pyridine rings is 1. The maximum atomic E-state index is 11.1. The van der Waals surface area contributed by atoms with Crippen LogP contribution in [0.2, 0.25) is 10.0 Å². The molecule has 2 aromatic rings. The number of carbonyl (C=O) groups is 1. The first kappa shape index (κ1) is 12.7. The second-order valence-corrected chi connectivity index (χ2v) is 4.21. The first-order chi connectivity index (χ1) is 8.58. The number of nitrogens with zero attached hydrogens (tertiary/aromatic N) is 1. The van der Waals surface area contributed by atoms with Crippen molar-refractivity contribution in [3.63, 3.8) is 0 Å². The molecule has 0 atom stereocenters. The zero-order valence-electron chi connectivity index (χ0n) is 8.93. The molecule has 0 saturated heterocycles. The normalized spacial score (nSPS) is 10.1. The summed E-state index contributed by atoms with van der Waals surface area (Å²) in [7, 11) is 0. The minimum atomic E-state index is -1.12. The highest BCUT2D eigenvalue weighted by atomic mass is 35.5. The van der Waals surface area contributed by atoms with Crippen LogP contribution in [0.25, 0.3) is 0 Å². The Labute approximate surface area is 113 Å². The number of carboxylic acid groups (broad SMARTS) is 1. The van der Waals surface area contributed by atoms with Crippen LogP contribution in [0, 0.1) is 0 Å². The molecule has 6 heteroatoms. The van der Waals surface area contributed by atoms with Gasteiger partial charge in [-0.05, 0) is 12.1 Å². The number of aromatic carboxylic acids is 1. The van der Waals surface area contributed by atoms with Crippen molar-refractivity contribution >= 4 is 29.2 Å². The van der Waals surface area contributed by atoms with Crippen LogP contribution in [0.5, 0.6) is 11.5 Å². The molecule has 0 unspecified atom stereocenters. The maximum absolute atomic E-state index is 11.1. The molecule has 2 rings (SSSR count). The molecule has 0 aliphatic carbocycles. The van der Waals surface area contributed by atoms with Crippen LogP contribution in [0.1, 0.15) is 10.4 Å². The molecule has 0 fully saturated rings. The van der Waals surface area contributed by atoms with Crippen molar-refractivity contribution in [3.8, 4) is 11.5 Å². The summed E-state index contributed by atoms with van der Waals surface area (Å²) in [5, 5.41) is 9.63. The number of para-hydroxylation sites is 1. The fourth-order valence-electron chi connectivity index (χ4n) is 1.35. The average Bonchev–Trinajstić information content (AvgIpc) is 2.31. The van der Waals surface area contributed by atoms with E-state index >= 15 is 0 Å². The van der Waals surface area contributed by atoms with Gasteiger partial charge in [-0.25, -0.2) is 4.79 Å². The lowest BCUT2D eigenvalue weighted by Gasteiger charge is -2.10. The third kappa shape index (κ3) is 2.72. The first-order valence-electron chi connectivity index (χ1n) is 4.88. The van der Waals surface area contributed by atoms with Crippen molar-refractivity contribution in [1.82, 2.24) is 4.98 Å². The second kappa shape index (κ2) is 5.25. The Hall–Kier alpha value is -1.78. The Morgan fingerprint density at radius 3 is 2.72 bits per heavy atom. The van der Waals surface area contributed by atoms with Crippen molar-refractivity contribution in [1.29, 1.82) is 0 Å². The van der Waals surface area contributed by atoms with E-state index in [1.807, 2.05) is 0 Å². The molecule has 0 spiro atoms. The number of ether oxygens (including phenoxy) is 1. The van der Waals surface area contributed by atoms with Gasteiger partial charge in [0.15, 0.2) is 5.75 Å². The third-order valence-corrected chi connectivity index (χ3v) is 2.60. The predicted molar refractivity (Wildman–Crippen MR) is 67.7 cm³/mol. The van der Waals surface area contributed by atoms with Crippen molar-refractivity contribution in [3.05, 3.63) is 52.3 Å². The molecule has 1 aromatic heterocycles. The Bertz CT molecular complexity index is 602. The van der Waals surface area contributed by atoms with Crippen LogP contribution >= 0.6 is 23.2 Å². The molecule has 0 amide bonds. The van der Waals surface area contributed by atoms with Gasteiger partial charge >= 0.3 is 5.97 Å². The molecule has 0 aliphatic heterocycles. The van der Waals surface area contributed by atoms with Crippen LogP contribution in [0.15, 0.2) is 36.7 Å². The summed E-state index contributed by atoms with van der Waals surface area (Å²) in [5.74, 6) is -0.740. The van der Waals surface area contributed by atoms with E-state index in [0.717, 1.165) is 0 Å². The lowest BCUT2D eigenvalue weighted by Crippen LogP contribution is -2.00. The Morgan fingerprint density at radius 1 is 1.28 bits per heavy atom. The summed E-state index contributed by atoms with van der Waals surface area (Å²) < 4.78 is 5.42. The van der Waals surface area contributed by atoms with E-state index in [2.05, 4.69) is 4.98 Å². The lowest BCUT2D eigenvalue weighted by atomic mass is 10.2. The van der Waals surface area contributed by atoms with Crippen LogP contribution in [-0.4, -0.2) is 16.1 Å². The number of aromatic nitrogens is 1. The Kier molecular flexibility index (Phi) is 3.69. The Balaban J connectivity index is 2.42. The molecule has 1 N–H and O–H groups in total. The van der Waals surface area contributed by atoms with Gasteiger partial charge in [-0.2, -0.15) is 0 Å². The van der Waals surface area contributed by atoms with Crippen LogP contribution in [0.3, 0.4) is 0 Å². The summed E-state index contributed by atoms with van der Waals surface area (Å²) in [5.41, 5.74) is -0.0255. The molecule has 1 heterocycles. The van der Waals surface area contributed by atoms with E-state index in [9.17, 15) is 4.79 Å². The predicted octanol–water partition coefficient (Wildman–Crippen LogP) is 3.88. The highest BCUT2D eigenvalue weighted by Crippen LogP contribution is 2.33. The highest BCUT2D eigenvalue weighted by Gasteiger charge is 2.15. The third-order valence-electron chi connectivity index (χ3n) is 2.10. The lowest BCUT2D eigenvalue weighted by molar-refractivity contribution is 0.0694. The average molecular weight is 284 g/mol. The zero-order valence-corrected chi connectivity index (χ0v) is 10.4. The minimum absolute atomic E-state index is 0.0255. The van der Waals surface area contributed by atoms with Gasteiger partial charge in [0.2, 0.25) is 0 Å². The number of benzene rings is 1. The SMILES string of the molecule is O=C(O)c1cccc(Cl)c1Oc1cncc(Cl)c1. The molecule has 92 valence electrons. The smallest absolute Gasteiger partial charge is 0.339 e. The van der Waals surface area contributed by atoms with E-state index in [1.54, 1.807) is 6.07 Å². The Morgan fingerprint density at radius 2 is 2.06 bits per heavy atom. The molecule has 0 saturated carbocycles. The van der Waals surface area contributed by atoms with Gasteiger partial charge in [-0.15, -0.1) is 0 Å². The number of hydrogen-bond donors (Lipinski definition) is 1. The van der Waals surface area contributed by atoms with Crippen LogP contribution in [-0.2, 0) is 0 Å². The summed E-state index contributed by atoms with van der Waals surface area (Å²) in [6, 6.07) is 6.00. The van der Waals surface area contributed by atoms with Gasteiger partial charge in [0.1, 0.15) is 11.3 Å². The molecule has 0 bridgehead atoms. The molecule has 18 heavy (non-hydrogen) atoms. The molecule has 0 radical (unpaired) electrons. The molecule has 4 nitrogen and oxygen atoms in total. The fourth-order valence-corrected chi connectivity index (χ4v) is 1.72. The number of rotatable bonds is 3. The monoisotopic (exact) mass is 283 g/mol.